The predicted octanol–water partition coefficient (Wildman–Crippen LogP) is 2.32. The zero-order valence-corrected chi connectivity index (χ0v) is 12.1. The second-order valence-electron chi connectivity index (χ2n) is 5.26. The van der Waals surface area contributed by atoms with Crippen LogP contribution >= 0.6 is 0 Å². The normalized spacial score (nSPS) is 12.6. The first kappa shape index (κ1) is 16.7. The summed E-state index contributed by atoms with van der Waals surface area (Å²) in [6, 6.07) is -1.03. The van der Waals surface area contributed by atoms with E-state index in [4.69, 9.17) is 5.11 Å². The van der Waals surface area contributed by atoms with Gasteiger partial charge in [0.15, 0.2) is 0 Å². The molecule has 0 rings (SSSR count). The van der Waals surface area contributed by atoms with Gasteiger partial charge in [-0.05, 0) is 32.6 Å². The summed E-state index contributed by atoms with van der Waals surface area (Å²) < 4.78 is 0. The van der Waals surface area contributed by atoms with E-state index in [1.807, 2.05) is 34.6 Å². The van der Waals surface area contributed by atoms with E-state index >= 15 is 0 Å². The first-order valence-corrected chi connectivity index (χ1v) is 6.59. The van der Waals surface area contributed by atoms with E-state index < -0.39 is 12.0 Å². The summed E-state index contributed by atoms with van der Waals surface area (Å²) in [7, 11) is 0. The molecule has 0 aliphatic rings. The zero-order valence-electron chi connectivity index (χ0n) is 12.1. The van der Waals surface area contributed by atoms with Crippen molar-refractivity contribution in [2.45, 2.75) is 59.5 Å². The summed E-state index contributed by atoms with van der Waals surface area (Å²) in [6.07, 6.45) is 1.30. The number of urea groups is 1. The second-order valence-corrected chi connectivity index (χ2v) is 5.26. The number of rotatable bonds is 7. The number of carboxylic acid groups (broad SMARTS) is 1. The van der Waals surface area contributed by atoms with Crippen LogP contribution in [0.1, 0.15) is 47.5 Å². The summed E-state index contributed by atoms with van der Waals surface area (Å²) in [6.45, 7) is 10.4. The average molecular weight is 258 g/mol. The third-order valence-corrected chi connectivity index (χ3v) is 2.65. The summed E-state index contributed by atoms with van der Waals surface area (Å²) in [5, 5.41) is 11.7. The molecule has 0 saturated heterocycles. The summed E-state index contributed by atoms with van der Waals surface area (Å²) in [5.41, 5.74) is 0. The Hall–Kier alpha value is -1.26. The van der Waals surface area contributed by atoms with Gasteiger partial charge in [-0.1, -0.05) is 20.8 Å². The lowest BCUT2D eigenvalue weighted by Gasteiger charge is -2.28. The Morgan fingerprint density at radius 2 is 1.78 bits per heavy atom. The summed E-state index contributed by atoms with van der Waals surface area (Å²) in [5.74, 6) is -0.748. The summed E-state index contributed by atoms with van der Waals surface area (Å²) >= 11 is 0. The van der Waals surface area contributed by atoms with Crippen LogP contribution in [0.4, 0.5) is 4.79 Å². The van der Waals surface area contributed by atoms with Crippen molar-refractivity contribution in [1.29, 1.82) is 0 Å². The standard InChI is InChI=1S/C13H26N2O3/c1-6-7-15(10(4)5)13(18)14-11(12(16)17)8-9(2)3/h9-11H,6-8H2,1-5H3,(H,14,18)(H,16,17). The van der Waals surface area contributed by atoms with Gasteiger partial charge in [0.1, 0.15) is 6.04 Å². The number of carbonyl (C=O) groups is 2. The van der Waals surface area contributed by atoms with Gasteiger partial charge in [-0.25, -0.2) is 9.59 Å². The van der Waals surface area contributed by atoms with Crippen LogP contribution in [-0.4, -0.2) is 40.6 Å². The van der Waals surface area contributed by atoms with Crippen molar-refractivity contribution >= 4 is 12.0 Å². The SMILES string of the molecule is CCCN(C(=O)NC(CC(C)C)C(=O)O)C(C)C. The lowest BCUT2D eigenvalue weighted by Crippen LogP contribution is -2.50. The molecule has 0 radical (unpaired) electrons. The first-order chi connectivity index (χ1) is 8.29. The lowest BCUT2D eigenvalue weighted by molar-refractivity contribution is -0.139. The Morgan fingerprint density at radius 3 is 2.11 bits per heavy atom. The highest BCUT2D eigenvalue weighted by molar-refractivity contribution is 5.82. The van der Waals surface area contributed by atoms with Gasteiger partial charge in [0.2, 0.25) is 0 Å². The molecule has 0 aromatic heterocycles. The third-order valence-electron chi connectivity index (χ3n) is 2.65. The predicted molar refractivity (Wildman–Crippen MR) is 71.5 cm³/mol. The van der Waals surface area contributed by atoms with Gasteiger partial charge < -0.3 is 15.3 Å². The minimum absolute atomic E-state index is 0.0680. The van der Waals surface area contributed by atoms with Gasteiger partial charge in [0.05, 0.1) is 0 Å². The van der Waals surface area contributed by atoms with Crippen LogP contribution in [-0.2, 0) is 4.79 Å². The van der Waals surface area contributed by atoms with E-state index in [2.05, 4.69) is 5.32 Å². The monoisotopic (exact) mass is 258 g/mol. The van der Waals surface area contributed by atoms with Crippen LogP contribution in [0.2, 0.25) is 0 Å². The Labute approximate surface area is 110 Å². The van der Waals surface area contributed by atoms with E-state index in [1.165, 1.54) is 0 Å². The number of nitrogens with one attached hydrogen (secondary N) is 1. The second kappa shape index (κ2) is 7.95. The van der Waals surface area contributed by atoms with Crippen molar-refractivity contribution in [3.8, 4) is 0 Å². The fraction of sp³-hybridized carbons (Fsp3) is 0.846. The van der Waals surface area contributed by atoms with E-state index in [-0.39, 0.29) is 18.0 Å². The maximum absolute atomic E-state index is 12.0. The third kappa shape index (κ3) is 5.89. The molecule has 0 aromatic rings. The van der Waals surface area contributed by atoms with Gasteiger partial charge >= 0.3 is 12.0 Å². The maximum atomic E-state index is 12.0. The molecule has 0 aliphatic heterocycles. The zero-order chi connectivity index (χ0) is 14.3. The number of nitrogens with zero attached hydrogens (tertiary/aromatic N) is 1. The van der Waals surface area contributed by atoms with Crippen molar-refractivity contribution in [3.05, 3.63) is 0 Å². The van der Waals surface area contributed by atoms with Gasteiger partial charge in [-0.2, -0.15) is 0 Å². The largest absolute Gasteiger partial charge is 0.480 e. The molecule has 0 spiro atoms. The minimum atomic E-state index is -0.975. The molecule has 0 saturated carbocycles. The molecule has 0 bridgehead atoms. The summed E-state index contributed by atoms with van der Waals surface area (Å²) in [4.78, 5) is 24.8. The molecule has 2 N–H and O–H groups in total. The number of amides is 2. The number of carboxylic acids is 1. The molecular formula is C13H26N2O3. The molecule has 1 unspecified atom stereocenters. The molecule has 5 nitrogen and oxygen atoms in total. The molecular weight excluding hydrogens is 232 g/mol. The molecule has 106 valence electrons. The van der Waals surface area contributed by atoms with Crippen LogP contribution in [0.5, 0.6) is 0 Å². The first-order valence-electron chi connectivity index (χ1n) is 6.59. The fourth-order valence-corrected chi connectivity index (χ4v) is 1.76. The van der Waals surface area contributed by atoms with Crippen LogP contribution in [0.15, 0.2) is 0 Å². The van der Waals surface area contributed by atoms with E-state index in [0.717, 1.165) is 6.42 Å². The highest BCUT2D eigenvalue weighted by atomic mass is 16.4. The Balaban J connectivity index is 4.60. The number of aliphatic carboxylic acids is 1. The van der Waals surface area contributed by atoms with Crippen LogP contribution in [0.3, 0.4) is 0 Å². The maximum Gasteiger partial charge on any atom is 0.326 e. The highest BCUT2D eigenvalue weighted by Gasteiger charge is 2.24. The fourth-order valence-electron chi connectivity index (χ4n) is 1.76. The molecule has 0 heterocycles. The van der Waals surface area contributed by atoms with Crippen LogP contribution in [0, 0.1) is 5.92 Å². The molecule has 0 aromatic carbocycles. The number of hydrogen-bond acceptors (Lipinski definition) is 2. The van der Waals surface area contributed by atoms with Crippen molar-refractivity contribution in [2.75, 3.05) is 6.54 Å². The van der Waals surface area contributed by atoms with Gasteiger partial charge in [0.25, 0.3) is 0 Å². The van der Waals surface area contributed by atoms with Gasteiger partial charge in [0, 0.05) is 12.6 Å². The van der Waals surface area contributed by atoms with Gasteiger partial charge in [-0.3, -0.25) is 0 Å². The number of carbonyl (C=O) groups excluding carboxylic acids is 1. The smallest absolute Gasteiger partial charge is 0.326 e. The Kier molecular flexibility index (Phi) is 7.39. The van der Waals surface area contributed by atoms with E-state index in [1.54, 1.807) is 4.90 Å². The Bertz CT molecular complexity index is 277. The average Bonchev–Trinajstić information content (AvgIpc) is 2.23. The molecule has 0 fully saturated rings. The van der Waals surface area contributed by atoms with E-state index in [0.29, 0.717) is 13.0 Å². The van der Waals surface area contributed by atoms with Crippen LogP contribution < -0.4 is 5.32 Å². The Morgan fingerprint density at radius 1 is 1.22 bits per heavy atom. The molecule has 5 heteroatoms. The quantitative estimate of drug-likeness (QED) is 0.736. The van der Waals surface area contributed by atoms with Gasteiger partial charge in [-0.15, -0.1) is 0 Å². The molecule has 18 heavy (non-hydrogen) atoms. The molecule has 2 amide bonds. The topological polar surface area (TPSA) is 69.6 Å². The van der Waals surface area contributed by atoms with Crippen LogP contribution in [0.25, 0.3) is 0 Å². The van der Waals surface area contributed by atoms with E-state index in [9.17, 15) is 9.59 Å². The van der Waals surface area contributed by atoms with Crippen molar-refractivity contribution < 1.29 is 14.7 Å². The lowest BCUT2D eigenvalue weighted by atomic mass is 10.0. The van der Waals surface area contributed by atoms with Crippen molar-refractivity contribution in [1.82, 2.24) is 10.2 Å². The molecule has 1 atom stereocenters. The molecule has 0 aliphatic carbocycles. The highest BCUT2D eigenvalue weighted by Crippen LogP contribution is 2.07. The van der Waals surface area contributed by atoms with Crippen molar-refractivity contribution in [3.63, 3.8) is 0 Å². The minimum Gasteiger partial charge on any atom is -0.480 e. The van der Waals surface area contributed by atoms with Crippen molar-refractivity contribution in [2.24, 2.45) is 5.92 Å². The number of hydrogen-bond donors (Lipinski definition) is 2.